The summed E-state index contributed by atoms with van der Waals surface area (Å²) in [5.41, 5.74) is 3.39. The molecule has 0 spiro atoms. The maximum absolute atomic E-state index is 13.2. The molecule has 2 aromatic rings. The standard InChI is InChI=1S/C23H33N5O2/c1-15(2)26-12-10-17-19(14-26)24-21-13-18(25-28(21)23(17)30)20-9-6-11-27(20)22(29)16-7-4-3-5-8-16/h13,15-16,20,25H,3-12,14H2,1-2H3/t20-/m1/s1. The molecule has 0 unspecified atom stereocenters. The summed E-state index contributed by atoms with van der Waals surface area (Å²) < 4.78 is 1.60. The van der Waals surface area contributed by atoms with Gasteiger partial charge in [-0.05, 0) is 46.0 Å². The summed E-state index contributed by atoms with van der Waals surface area (Å²) in [7, 11) is 0. The highest BCUT2D eigenvalue weighted by atomic mass is 16.2. The fourth-order valence-electron chi connectivity index (χ4n) is 5.58. The number of H-pyrrole nitrogens is 1. The van der Waals surface area contributed by atoms with Crippen molar-refractivity contribution in [3.8, 4) is 0 Å². The Kier molecular flexibility index (Phi) is 5.17. The third kappa shape index (κ3) is 3.37. The first-order chi connectivity index (χ1) is 14.5. The zero-order valence-electron chi connectivity index (χ0n) is 18.2. The van der Waals surface area contributed by atoms with Crippen molar-refractivity contribution >= 4 is 11.6 Å². The lowest BCUT2D eigenvalue weighted by molar-refractivity contribution is -0.137. The number of fused-ring (bicyclic) bond motifs is 2. The van der Waals surface area contributed by atoms with E-state index in [9.17, 15) is 9.59 Å². The number of likely N-dealkylation sites (tertiary alicyclic amines) is 1. The van der Waals surface area contributed by atoms with Crippen LogP contribution in [0.5, 0.6) is 0 Å². The first-order valence-corrected chi connectivity index (χ1v) is 11.7. The molecule has 0 bridgehead atoms. The topological polar surface area (TPSA) is 73.7 Å². The molecule has 1 N–H and O–H groups in total. The van der Waals surface area contributed by atoms with Crippen LogP contribution in [-0.2, 0) is 17.8 Å². The summed E-state index contributed by atoms with van der Waals surface area (Å²) in [4.78, 5) is 35.6. The maximum atomic E-state index is 13.2. The molecule has 0 aromatic carbocycles. The highest BCUT2D eigenvalue weighted by Crippen LogP contribution is 2.35. The molecule has 162 valence electrons. The highest BCUT2D eigenvalue weighted by Gasteiger charge is 2.35. The summed E-state index contributed by atoms with van der Waals surface area (Å²) in [6, 6.07) is 2.47. The van der Waals surface area contributed by atoms with Crippen molar-refractivity contribution in [2.75, 3.05) is 13.1 Å². The van der Waals surface area contributed by atoms with Crippen LogP contribution in [0.1, 0.15) is 81.8 Å². The molecule has 2 aliphatic heterocycles. The maximum Gasteiger partial charge on any atom is 0.276 e. The molecule has 7 nitrogen and oxygen atoms in total. The number of amides is 1. The Morgan fingerprint density at radius 2 is 1.93 bits per heavy atom. The van der Waals surface area contributed by atoms with Crippen molar-refractivity contribution in [3.05, 3.63) is 33.4 Å². The first kappa shape index (κ1) is 19.8. The normalized spacial score (nSPS) is 23.4. The number of hydrogen-bond donors (Lipinski definition) is 1. The van der Waals surface area contributed by atoms with Gasteiger partial charge in [0, 0.05) is 43.2 Å². The molecule has 1 saturated carbocycles. The van der Waals surface area contributed by atoms with Gasteiger partial charge in [-0.3, -0.25) is 19.6 Å². The van der Waals surface area contributed by atoms with E-state index in [4.69, 9.17) is 4.98 Å². The second-order valence-electron chi connectivity index (χ2n) is 9.59. The van der Waals surface area contributed by atoms with Crippen LogP contribution in [0.2, 0.25) is 0 Å². The summed E-state index contributed by atoms with van der Waals surface area (Å²) in [5.74, 6) is 0.488. The molecule has 1 atom stereocenters. The predicted octanol–water partition coefficient (Wildman–Crippen LogP) is 3.03. The molecule has 1 aliphatic carbocycles. The van der Waals surface area contributed by atoms with Crippen LogP contribution < -0.4 is 5.56 Å². The largest absolute Gasteiger partial charge is 0.334 e. The first-order valence-electron chi connectivity index (χ1n) is 11.7. The molecular weight excluding hydrogens is 378 g/mol. The van der Waals surface area contributed by atoms with E-state index in [-0.39, 0.29) is 17.5 Å². The number of aromatic nitrogens is 3. The second-order valence-corrected chi connectivity index (χ2v) is 9.59. The number of rotatable bonds is 3. The molecule has 1 saturated heterocycles. The highest BCUT2D eigenvalue weighted by molar-refractivity contribution is 5.79. The second kappa shape index (κ2) is 7.84. The molecular formula is C23H33N5O2. The van der Waals surface area contributed by atoms with Gasteiger partial charge in [-0.25, -0.2) is 9.50 Å². The van der Waals surface area contributed by atoms with Gasteiger partial charge >= 0.3 is 0 Å². The average Bonchev–Trinajstić information content (AvgIpc) is 3.40. The van der Waals surface area contributed by atoms with Crippen molar-refractivity contribution < 1.29 is 4.79 Å². The van der Waals surface area contributed by atoms with E-state index >= 15 is 0 Å². The molecule has 1 amide bonds. The van der Waals surface area contributed by atoms with Crippen LogP contribution in [0.25, 0.3) is 5.65 Å². The monoisotopic (exact) mass is 411 g/mol. The van der Waals surface area contributed by atoms with Gasteiger partial charge in [-0.2, -0.15) is 0 Å². The number of nitrogens with zero attached hydrogens (tertiary/aromatic N) is 4. The Morgan fingerprint density at radius 3 is 2.70 bits per heavy atom. The molecule has 2 aromatic heterocycles. The Hall–Kier alpha value is -2.15. The van der Waals surface area contributed by atoms with Crippen molar-refractivity contribution in [1.82, 2.24) is 24.4 Å². The van der Waals surface area contributed by atoms with E-state index in [0.717, 1.165) is 68.7 Å². The Balaban J connectivity index is 1.45. The van der Waals surface area contributed by atoms with Crippen LogP contribution in [0.3, 0.4) is 0 Å². The predicted molar refractivity (Wildman–Crippen MR) is 115 cm³/mol. The van der Waals surface area contributed by atoms with Gasteiger partial charge in [0.05, 0.1) is 17.4 Å². The lowest BCUT2D eigenvalue weighted by Gasteiger charge is -2.30. The van der Waals surface area contributed by atoms with Crippen LogP contribution in [0, 0.1) is 5.92 Å². The summed E-state index contributed by atoms with van der Waals surface area (Å²) in [6.45, 7) is 6.81. The molecule has 3 aliphatic rings. The van der Waals surface area contributed by atoms with Gasteiger partial charge in [0.15, 0.2) is 5.65 Å². The quantitative estimate of drug-likeness (QED) is 0.843. The zero-order chi connectivity index (χ0) is 20.8. The summed E-state index contributed by atoms with van der Waals surface area (Å²) in [6.07, 6.45) is 8.33. The fourth-order valence-corrected chi connectivity index (χ4v) is 5.58. The SMILES string of the molecule is CC(C)N1CCc2c(nc3cc([C@H]4CCCN4C(=O)C4CCCCC4)[nH]n3c2=O)C1. The summed E-state index contributed by atoms with van der Waals surface area (Å²) in [5, 5.41) is 3.31. The van der Waals surface area contributed by atoms with Crippen molar-refractivity contribution in [1.29, 1.82) is 0 Å². The average molecular weight is 412 g/mol. The van der Waals surface area contributed by atoms with E-state index in [0.29, 0.717) is 17.6 Å². The van der Waals surface area contributed by atoms with E-state index in [1.807, 2.05) is 6.07 Å². The third-order valence-electron chi connectivity index (χ3n) is 7.40. The number of aromatic amines is 1. The Bertz CT molecular complexity index is 1000. The van der Waals surface area contributed by atoms with E-state index < -0.39 is 0 Å². The third-order valence-corrected chi connectivity index (χ3v) is 7.40. The Morgan fingerprint density at radius 1 is 1.13 bits per heavy atom. The minimum absolute atomic E-state index is 0.0211. The molecule has 5 rings (SSSR count). The molecule has 30 heavy (non-hydrogen) atoms. The number of carbonyl (C=O) groups excluding carboxylic acids is 1. The minimum Gasteiger partial charge on any atom is -0.334 e. The number of carbonyl (C=O) groups is 1. The lowest BCUT2D eigenvalue weighted by Crippen LogP contribution is -2.39. The van der Waals surface area contributed by atoms with E-state index in [1.165, 1.54) is 19.3 Å². The van der Waals surface area contributed by atoms with Gasteiger partial charge in [-0.15, -0.1) is 0 Å². The molecule has 0 radical (unpaired) electrons. The van der Waals surface area contributed by atoms with Crippen LogP contribution in [0.4, 0.5) is 0 Å². The lowest BCUT2D eigenvalue weighted by atomic mass is 9.88. The minimum atomic E-state index is 0.0211. The van der Waals surface area contributed by atoms with Crippen LogP contribution in [0.15, 0.2) is 10.9 Å². The van der Waals surface area contributed by atoms with Gasteiger partial charge in [0.1, 0.15) is 0 Å². The van der Waals surface area contributed by atoms with Gasteiger partial charge in [-0.1, -0.05) is 19.3 Å². The molecule has 2 fully saturated rings. The van der Waals surface area contributed by atoms with Crippen molar-refractivity contribution in [2.45, 2.75) is 83.8 Å². The van der Waals surface area contributed by atoms with Crippen LogP contribution >= 0.6 is 0 Å². The fraction of sp³-hybridized carbons (Fsp3) is 0.696. The summed E-state index contributed by atoms with van der Waals surface area (Å²) >= 11 is 0. The van der Waals surface area contributed by atoms with Gasteiger partial charge in [0.25, 0.3) is 5.56 Å². The van der Waals surface area contributed by atoms with E-state index in [2.05, 4.69) is 28.7 Å². The van der Waals surface area contributed by atoms with Crippen molar-refractivity contribution in [3.63, 3.8) is 0 Å². The Labute approximate surface area is 177 Å². The smallest absolute Gasteiger partial charge is 0.276 e. The van der Waals surface area contributed by atoms with Gasteiger partial charge in [0.2, 0.25) is 5.91 Å². The van der Waals surface area contributed by atoms with Gasteiger partial charge < -0.3 is 4.90 Å². The molecule has 7 heteroatoms. The van der Waals surface area contributed by atoms with Crippen molar-refractivity contribution in [2.24, 2.45) is 5.92 Å². The number of nitrogens with one attached hydrogen (secondary N) is 1. The van der Waals surface area contributed by atoms with Crippen LogP contribution in [-0.4, -0.2) is 49.4 Å². The van der Waals surface area contributed by atoms with E-state index in [1.54, 1.807) is 4.52 Å². The molecule has 4 heterocycles. The zero-order valence-corrected chi connectivity index (χ0v) is 18.2. The number of hydrogen-bond acceptors (Lipinski definition) is 4.